The Morgan fingerprint density at radius 3 is 0.875 bits per heavy atom. The first-order chi connectivity index (χ1) is 58.2. The zero-order chi connectivity index (χ0) is 87.7. The van der Waals surface area contributed by atoms with Crippen LogP contribution in [0.3, 0.4) is 0 Å². The number of unbranched alkanes of at least 4 members (excludes halogenated alkanes) is 54. The predicted molar refractivity (Wildman–Crippen MR) is 481 cm³/mol. The van der Waals surface area contributed by atoms with Gasteiger partial charge in [0.15, 0.2) is 12.4 Å². The van der Waals surface area contributed by atoms with E-state index in [4.69, 9.17) is 32.9 Å². The Bertz CT molecular complexity index is 2510. The molecule has 2 aliphatic rings. The summed E-state index contributed by atoms with van der Waals surface area (Å²) < 4.78 is 55.7. The van der Waals surface area contributed by atoms with Crippen LogP contribution in [0, 0.1) is 0 Å². The number of amides is 2. The predicted octanol–water partition coefficient (Wildman–Crippen LogP) is 23.1. The minimum Gasteiger partial charge on any atom is -0.462 e. The molecule has 2 heterocycles. The molecule has 2 fully saturated rings. The van der Waals surface area contributed by atoms with Crippen LogP contribution >= 0.6 is 7.82 Å². The zero-order valence-electron chi connectivity index (χ0n) is 77.3. The Morgan fingerprint density at radius 1 is 0.317 bits per heavy atom. The van der Waals surface area contributed by atoms with Gasteiger partial charge in [0.1, 0.15) is 48.8 Å². The second-order valence-corrected chi connectivity index (χ2v) is 37.1. The number of carbonyl (C=O) groups is 6. The highest BCUT2D eigenvalue weighted by Crippen LogP contribution is 2.43. The molecule has 0 bridgehead atoms. The molecule has 2 saturated heterocycles. The van der Waals surface area contributed by atoms with Crippen LogP contribution in [0.15, 0.2) is 0 Å². The van der Waals surface area contributed by atoms with Crippen LogP contribution in [0.2, 0.25) is 0 Å². The molecule has 0 radical (unpaired) electrons. The summed E-state index contributed by atoms with van der Waals surface area (Å²) in [5, 5.41) is 52.2. The molecular formula is C97H183N2O20P. The highest BCUT2D eigenvalue weighted by Gasteiger charge is 2.53. The highest BCUT2D eigenvalue weighted by molar-refractivity contribution is 7.46. The number of phosphoric ester groups is 1. The van der Waals surface area contributed by atoms with Crippen LogP contribution in [0.1, 0.15) is 497 Å². The van der Waals surface area contributed by atoms with Gasteiger partial charge in [0.25, 0.3) is 0 Å². The van der Waals surface area contributed by atoms with Crippen molar-refractivity contribution in [2.75, 3.05) is 6.61 Å². The van der Waals surface area contributed by atoms with Crippen LogP contribution in [0.25, 0.3) is 0 Å². The fourth-order valence-electron chi connectivity index (χ4n) is 17.2. The molecule has 120 heavy (non-hydrogen) atoms. The van der Waals surface area contributed by atoms with E-state index >= 15 is 4.79 Å². The van der Waals surface area contributed by atoms with Gasteiger partial charge in [0.2, 0.25) is 11.8 Å². The van der Waals surface area contributed by atoms with E-state index in [9.17, 15) is 58.8 Å². The van der Waals surface area contributed by atoms with Crippen LogP contribution in [-0.4, -0.2) is 152 Å². The molecule has 0 aromatic rings. The summed E-state index contributed by atoms with van der Waals surface area (Å²) in [6.45, 7) is 12.3. The average Bonchev–Trinajstić information content (AvgIpc) is 0.777. The fourth-order valence-corrected chi connectivity index (χ4v) is 17.7. The van der Waals surface area contributed by atoms with Gasteiger partial charge in [0.05, 0.1) is 44.1 Å². The first kappa shape index (κ1) is 113. The molecule has 0 aromatic carbocycles. The molecule has 0 saturated carbocycles. The van der Waals surface area contributed by atoms with Gasteiger partial charge in [0, 0.05) is 19.3 Å². The minimum absolute atomic E-state index is 0.141. The molecule has 706 valence electrons. The molecule has 8 N–H and O–H groups in total. The lowest BCUT2D eigenvalue weighted by molar-refractivity contribution is -0.252. The second-order valence-electron chi connectivity index (χ2n) is 35.9. The van der Waals surface area contributed by atoms with Crippen molar-refractivity contribution in [2.45, 2.75) is 577 Å². The number of hydrogen-bond donors (Lipinski definition) is 8. The molecule has 0 aliphatic carbocycles. The Kier molecular flexibility index (Phi) is 72.2. The van der Waals surface area contributed by atoms with E-state index in [1.54, 1.807) is 0 Å². The van der Waals surface area contributed by atoms with Crippen molar-refractivity contribution in [1.82, 2.24) is 10.6 Å². The number of hydrogen-bond acceptors (Lipinski definition) is 18. The molecular weight excluding hydrogens is 1540 g/mol. The molecule has 2 amide bonds. The van der Waals surface area contributed by atoms with Crippen LogP contribution in [0.5, 0.6) is 0 Å². The topological polar surface area (TPSA) is 330 Å². The van der Waals surface area contributed by atoms with Crippen molar-refractivity contribution in [3.05, 3.63) is 0 Å². The van der Waals surface area contributed by atoms with Crippen LogP contribution < -0.4 is 10.6 Å². The highest BCUT2D eigenvalue weighted by atomic mass is 31.2. The van der Waals surface area contributed by atoms with Gasteiger partial charge in [-0.1, -0.05) is 388 Å². The van der Waals surface area contributed by atoms with Crippen molar-refractivity contribution in [1.29, 1.82) is 0 Å². The molecule has 22 nitrogen and oxygen atoms in total. The Labute approximate surface area is 730 Å². The maximum absolute atomic E-state index is 15.0. The SMILES string of the molecule is CCCCCCCCCCCCCCCC(=O)O[C@H](CCCCCCCCCCC)CC(=O)NC1C(O)OC(CCC2OC(CO)C(OP(=O)(O)O)C(OC(=O)C[C@@H](CCCCCCCCCCC)OC(=O)CCCCCCCCCCCCC)C2NC(=O)C[C@@H](CCCCCCCCCCC)OC(=O)CCCCCCCCCCC)C(O)C1O. The number of aliphatic hydroxyl groups excluding tert-OH is 4. The smallest absolute Gasteiger partial charge is 0.462 e. The maximum Gasteiger partial charge on any atom is 0.470 e. The van der Waals surface area contributed by atoms with Crippen molar-refractivity contribution >= 4 is 43.5 Å². The van der Waals surface area contributed by atoms with Crippen molar-refractivity contribution in [3.8, 4) is 0 Å². The molecule has 23 heteroatoms. The Hall–Kier alpha value is -3.31. The van der Waals surface area contributed by atoms with E-state index in [0.29, 0.717) is 51.4 Å². The second kappa shape index (κ2) is 76.9. The van der Waals surface area contributed by atoms with Gasteiger partial charge in [-0.05, 0) is 70.6 Å². The number of carbonyl (C=O) groups excluding carboxylic acids is 6. The lowest BCUT2D eigenvalue weighted by atomic mass is 9.87. The van der Waals surface area contributed by atoms with Gasteiger partial charge in [-0.25, -0.2) is 4.57 Å². The van der Waals surface area contributed by atoms with E-state index < -0.39 is 130 Å². The summed E-state index contributed by atoms with van der Waals surface area (Å²) in [4.78, 5) is 106. The van der Waals surface area contributed by atoms with Gasteiger partial charge >= 0.3 is 31.7 Å². The molecule has 2 aliphatic heterocycles. The van der Waals surface area contributed by atoms with Gasteiger partial charge in [-0.2, -0.15) is 0 Å². The number of nitrogens with one attached hydrogen (secondary N) is 2. The number of esters is 4. The van der Waals surface area contributed by atoms with Crippen molar-refractivity contribution < 1.29 is 96.5 Å². The third-order valence-corrected chi connectivity index (χ3v) is 25.1. The van der Waals surface area contributed by atoms with Crippen molar-refractivity contribution in [2.24, 2.45) is 0 Å². The van der Waals surface area contributed by atoms with Gasteiger partial charge in [-0.15, -0.1) is 0 Å². The summed E-state index contributed by atoms with van der Waals surface area (Å²) in [6, 6.07) is -3.10. The largest absolute Gasteiger partial charge is 0.470 e. The summed E-state index contributed by atoms with van der Waals surface area (Å²) in [5.74, 6) is -3.62. The lowest BCUT2D eigenvalue weighted by Crippen LogP contribution is -2.66. The Balaban J connectivity index is 2.56. The Morgan fingerprint density at radius 2 is 0.583 bits per heavy atom. The summed E-state index contributed by atoms with van der Waals surface area (Å²) >= 11 is 0. The first-order valence-corrected chi connectivity index (χ1v) is 51.8. The molecule has 0 spiro atoms. The number of ether oxygens (including phenoxy) is 6. The van der Waals surface area contributed by atoms with E-state index in [0.717, 1.165) is 180 Å². The third-order valence-electron chi connectivity index (χ3n) is 24.6. The fraction of sp³-hybridized carbons (Fsp3) is 0.938. The summed E-state index contributed by atoms with van der Waals surface area (Å²) in [5.41, 5.74) is 0. The van der Waals surface area contributed by atoms with E-state index in [-0.39, 0.29) is 50.9 Å². The molecule has 10 unspecified atom stereocenters. The van der Waals surface area contributed by atoms with Crippen LogP contribution in [0.4, 0.5) is 0 Å². The summed E-state index contributed by atoms with van der Waals surface area (Å²) in [7, 11) is -5.54. The normalized spacial score (nSPS) is 20.2. The number of rotatable bonds is 84. The monoisotopic (exact) mass is 1730 g/mol. The number of phosphoric acid groups is 1. The molecule has 2 rings (SSSR count). The third kappa shape index (κ3) is 60.4. The van der Waals surface area contributed by atoms with E-state index in [2.05, 4.69) is 52.2 Å². The first-order valence-electron chi connectivity index (χ1n) is 50.3. The standard InChI is InChI=1S/C97H183N2O20P/c1-7-13-19-25-31-37-39-40-42-48-54-59-65-71-88(104)114-80(68-62-56-50-44-34-28-22-16-10-4)76-86(102)99-92-94(108)93(107)83(117-97(92)109)74-73-82-91(98-85(101)75-79(67-61-55-49-43-33-27-21-15-9-3)113-87(103)70-64-58-52-46-36-30-24-18-12-6)96(95(84(78-100)116-82)119-120(110,111)112)118-90(106)77-81(69-63-57-51-45-35-29-23-17-11-5)115-89(105)72-66-60-53-47-41-38-32-26-20-14-8-2/h79-84,91-97,100,107-109H,7-78H2,1-6H3,(H,98,101)(H,99,102)(H2,110,111,112)/t79-,80-,81-,82?,83?,84?,91?,92?,93?,94?,95?,96?,97?/m1/s1. The minimum atomic E-state index is -5.54. The average molecular weight is 1730 g/mol. The maximum atomic E-state index is 15.0. The number of aliphatic hydroxyl groups is 4. The van der Waals surface area contributed by atoms with E-state index in [1.165, 1.54) is 173 Å². The van der Waals surface area contributed by atoms with Gasteiger partial charge in [-0.3, -0.25) is 33.3 Å². The quantitative estimate of drug-likeness (QED) is 0.0121. The van der Waals surface area contributed by atoms with Crippen LogP contribution in [-0.2, 0) is 66.3 Å². The lowest BCUT2D eigenvalue weighted by Gasteiger charge is -2.46. The van der Waals surface area contributed by atoms with Gasteiger partial charge < -0.3 is 69.3 Å². The molecule has 0 aromatic heterocycles. The zero-order valence-corrected chi connectivity index (χ0v) is 78.2. The summed E-state index contributed by atoms with van der Waals surface area (Å²) in [6.07, 6.45) is 48.5. The van der Waals surface area contributed by atoms with Crippen molar-refractivity contribution in [3.63, 3.8) is 0 Å². The molecule has 13 atom stereocenters. The van der Waals surface area contributed by atoms with E-state index in [1.807, 2.05) is 0 Å².